The second-order valence-electron chi connectivity index (χ2n) is 3.93. The topological polar surface area (TPSA) is 29.4 Å². The molecule has 0 amide bonds. The number of halogens is 4. The van der Waals surface area contributed by atoms with Gasteiger partial charge in [-0.15, -0.1) is 0 Å². The summed E-state index contributed by atoms with van der Waals surface area (Å²) in [5.74, 6) is -1.41. The summed E-state index contributed by atoms with van der Waals surface area (Å²) in [6, 6.07) is 2.87. The van der Waals surface area contributed by atoms with Crippen LogP contribution >= 0.6 is 0 Å². The number of carbonyl (C=O) groups excluding carboxylic acids is 1. The molecular formula is C11H9F4NO. The first-order valence-corrected chi connectivity index (χ1v) is 4.65. The normalized spacial score (nSPS) is 12.1. The average molecular weight is 247 g/mol. The van der Waals surface area contributed by atoms with Gasteiger partial charge in [-0.25, -0.2) is 9.18 Å². The molecule has 2 nitrogen and oxygen atoms in total. The van der Waals surface area contributed by atoms with Crippen LogP contribution in [0, 0.1) is 5.82 Å². The highest BCUT2D eigenvalue weighted by atomic mass is 19.4. The van der Waals surface area contributed by atoms with Gasteiger partial charge in [-0.1, -0.05) is 12.1 Å². The minimum Gasteiger partial charge on any atom is -0.211 e. The Hall–Kier alpha value is -1.68. The maximum absolute atomic E-state index is 13.7. The van der Waals surface area contributed by atoms with E-state index in [-0.39, 0.29) is 5.56 Å². The number of alkyl halides is 3. The van der Waals surface area contributed by atoms with Crippen molar-refractivity contribution in [3.63, 3.8) is 0 Å². The number of nitrogens with zero attached hydrogens (tertiary/aromatic N) is 1. The van der Waals surface area contributed by atoms with Crippen LogP contribution < -0.4 is 0 Å². The van der Waals surface area contributed by atoms with Gasteiger partial charge in [0.05, 0.1) is 11.1 Å². The molecule has 0 saturated carbocycles. The fraction of sp³-hybridized carbons (Fsp3) is 0.364. The fourth-order valence-corrected chi connectivity index (χ4v) is 1.40. The van der Waals surface area contributed by atoms with Crippen molar-refractivity contribution in [3.05, 3.63) is 35.1 Å². The molecule has 1 aromatic carbocycles. The molecular weight excluding hydrogens is 238 g/mol. The van der Waals surface area contributed by atoms with Gasteiger partial charge >= 0.3 is 6.18 Å². The minimum absolute atomic E-state index is 0.296. The standard InChI is InChI=1S/C11H9F4NO/c1-10(2,16-6-17)7-4-3-5-8(9(7)12)11(13,14)15/h3-5H,1-2H3. The van der Waals surface area contributed by atoms with Crippen LogP contribution in [0.15, 0.2) is 23.2 Å². The van der Waals surface area contributed by atoms with E-state index in [9.17, 15) is 22.4 Å². The maximum atomic E-state index is 13.7. The van der Waals surface area contributed by atoms with Gasteiger partial charge in [0.15, 0.2) is 0 Å². The molecule has 0 aliphatic heterocycles. The Morgan fingerprint density at radius 3 is 2.18 bits per heavy atom. The molecule has 0 radical (unpaired) electrons. The lowest BCUT2D eigenvalue weighted by Crippen LogP contribution is -2.19. The maximum Gasteiger partial charge on any atom is 0.419 e. The van der Waals surface area contributed by atoms with Crippen LogP contribution in [0.5, 0.6) is 0 Å². The van der Waals surface area contributed by atoms with Crippen LogP contribution in [0.1, 0.15) is 25.0 Å². The molecule has 0 fully saturated rings. The first-order chi connectivity index (χ1) is 7.70. The van der Waals surface area contributed by atoms with Crippen LogP contribution in [-0.4, -0.2) is 6.08 Å². The van der Waals surface area contributed by atoms with Crippen molar-refractivity contribution in [3.8, 4) is 0 Å². The Morgan fingerprint density at radius 1 is 1.18 bits per heavy atom. The molecule has 0 saturated heterocycles. The van der Waals surface area contributed by atoms with E-state index >= 15 is 0 Å². The lowest BCUT2D eigenvalue weighted by Gasteiger charge is -2.20. The number of hydrogen-bond donors (Lipinski definition) is 0. The number of isocyanates is 1. The van der Waals surface area contributed by atoms with Crippen LogP contribution in [0.2, 0.25) is 0 Å². The number of hydrogen-bond acceptors (Lipinski definition) is 2. The van der Waals surface area contributed by atoms with Gasteiger partial charge in [0.2, 0.25) is 6.08 Å². The van der Waals surface area contributed by atoms with Crippen molar-refractivity contribution >= 4 is 6.08 Å². The predicted molar refractivity (Wildman–Crippen MR) is 52.5 cm³/mol. The Morgan fingerprint density at radius 2 is 1.71 bits per heavy atom. The summed E-state index contributed by atoms with van der Waals surface area (Å²) in [5.41, 5.74) is -3.05. The molecule has 0 spiro atoms. The summed E-state index contributed by atoms with van der Waals surface area (Å²) in [5, 5.41) is 0. The van der Waals surface area contributed by atoms with Crippen molar-refractivity contribution in [1.82, 2.24) is 0 Å². The molecule has 17 heavy (non-hydrogen) atoms. The first-order valence-electron chi connectivity index (χ1n) is 4.65. The predicted octanol–water partition coefficient (Wildman–Crippen LogP) is 3.42. The van der Waals surface area contributed by atoms with E-state index in [0.29, 0.717) is 6.07 Å². The molecule has 0 aliphatic rings. The molecule has 1 aromatic rings. The summed E-state index contributed by atoms with van der Waals surface area (Å²) in [6.45, 7) is 2.66. The van der Waals surface area contributed by atoms with Gasteiger partial charge < -0.3 is 0 Å². The van der Waals surface area contributed by atoms with Crippen molar-refractivity contribution in [2.24, 2.45) is 4.99 Å². The van der Waals surface area contributed by atoms with Crippen LogP contribution in [0.25, 0.3) is 0 Å². The smallest absolute Gasteiger partial charge is 0.211 e. The second kappa shape index (κ2) is 4.30. The van der Waals surface area contributed by atoms with Gasteiger partial charge in [0, 0.05) is 5.56 Å². The highest BCUT2D eigenvalue weighted by molar-refractivity contribution is 5.39. The average Bonchev–Trinajstić information content (AvgIpc) is 2.15. The molecule has 1 rings (SSSR count). The zero-order valence-corrected chi connectivity index (χ0v) is 9.10. The number of benzene rings is 1. The summed E-state index contributed by atoms with van der Waals surface area (Å²) < 4.78 is 51.0. The number of rotatable bonds is 2. The van der Waals surface area contributed by atoms with E-state index in [1.807, 2.05) is 0 Å². The van der Waals surface area contributed by atoms with Crippen molar-refractivity contribution in [1.29, 1.82) is 0 Å². The lowest BCUT2D eigenvalue weighted by molar-refractivity contribution is -0.140. The van der Waals surface area contributed by atoms with Gasteiger partial charge in [-0.3, -0.25) is 0 Å². The summed E-state index contributed by atoms with van der Waals surface area (Å²) >= 11 is 0. The van der Waals surface area contributed by atoms with Crippen molar-refractivity contribution in [2.45, 2.75) is 25.6 Å². The largest absolute Gasteiger partial charge is 0.419 e. The molecule has 0 unspecified atom stereocenters. The second-order valence-corrected chi connectivity index (χ2v) is 3.93. The molecule has 0 aliphatic carbocycles. The van der Waals surface area contributed by atoms with E-state index in [2.05, 4.69) is 4.99 Å². The SMILES string of the molecule is CC(C)(N=C=O)c1cccc(C(F)(F)F)c1F. The molecule has 6 heteroatoms. The molecule has 0 heterocycles. The van der Waals surface area contributed by atoms with Gasteiger partial charge in [0.25, 0.3) is 0 Å². The zero-order valence-electron chi connectivity index (χ0n) is 9.10. The van der Waals surface area contributed by atoms with Gasteiger partial charge in [0.1, 0.15) is 5.82 Å². The van der Waals surface area contributed by atoms with Crippen LogP contribution in [0.3, 0.4) is 0 Å². The highest BCUT2D eigenvalue weighted by Gasteiger charge is 2.37. The minimum atomic E-state index is -4.78. The van der Waals surface area contributed by atoms with E-state index < -0.39 is 23.1 Å². The number of aliphatic imine (C=N–C) groups is 1. The van der Waals surface area contributed by atoms with Crippen LogP contribution in [0.4, 0.5) is 17.6 Å². The molecule has 0 N–H and O–H groups in total. The third-order valence-corrected chi connectivity index (χ3v) is 2.29. The Kier molecular flexibility index (Phi) is 3.38. The Balaban J connectivity index is 3.44. The Bertz CT molecular complexity index is 473. The molecule has 92 valence electrons. The van der Waals surface area contributed by atoms with Gasteiger partial charge in [-0.2, -0.15) is 18.2 Å². The molecule has 0 bridgehead atoms. The van der Waals surface area contributed by atoms with E-state index in [1.54, 1.807) is 0 Å². The molecule has 0 aromatic heterocycles. The zero-order chi connectivity index (χ0) is 13.3. The van der Waals surface area contributed by atoms with E-state index in [1.165, 1.54) is 19.9 Å². The Labute approximate surface area is 95.0 Å². The lowest BCUT2D eigenvalue weighted by atomic mass is 9.92. The van der Waals surface area contributed by atoms with Crippen molar-refractivity contribution in [2.75, 3.05) is 0 Å². The van der Waals surface area contributed by atoms with Crippen molar-refractivity contribution < 1.29 is 22.4 Å². The highest BCUT2D eigenvalue weighted by Crippen LogP contribution is 2.36. The van der Waals surface area contributed by atoms with Gasteiger partial charge in [-0.05, 0) is 19.9 Å². The summed E-state index contributed by atoms with van der Waals surface area (Å²) in [6.07, 6.45) is -3.56. The first kappa shape index (κ1) is 13.4. The molecule has 0 atom stereocenters. The van der Waals surface area contributed by atoms with Crippen LogP contribution in [-0.2, 0) is 16.5 Å². The van der Waals surface area contributed by atoms with E-state index in [0.717, 1.165) is 12.1 Å². The third-order valence-electron chi connectivity index (χ3n) is 2.29. The quantitative estimate of drug-likeness (QED) is 0.447. The van der Waals surface area contributed by atoms with E-state index in [4.69, 9.17) is 0 Å². The third kappa shape index (κ3) is 2.71. The fourth-order valence-electron chi connectivity index (χ4n) is 1.40. The summed E-state index contributed by atoms with van der Waals surface area (Å²) in [7, 11) is 0. The monoisotopic (exact) mass is 247 g/mol. The summed E-state index contributed by atoms with van der Waals surface area (Å²) in [4.78, 5) is 13.4.